The van der Waals surface area contributed by atoms with Crippen molar-refractivity contribution < 1.29 is 33.3 Å². The number of benzene rings is 3. The Bertz CT molecular complexity index is 1350. The number of hydrogen-bond donors (Lipinski definition) is 1. The SMILES string of the molecule is COc1cc(C(=O)Oc2ccc(Cl)cc2/C=C2/C(=O)NN(c3ccccc3)C2=O)cc(OC)c1OC. The van der Waals surface area contributed by atoms with E-state index in [0.717, 1.165) is 5.01 Å². The summed E-state index contributed by atoms with van der Waals surface area (Å²) in [5.74, 6) is -0.942. The molecule has 1 N–H and O–H groups in total. The summed E-state index contributed by atoms with van der Waals surface area (Å²) >= 11 is 6.15. The number of nitrogens with zero attached hydrogens (tertiary/aromatic N) is 1. The van der Waals surface area contributed by atoms with Crippen LogP contribution < -0.4 is 29.4 Å². The smallest absolute Gasteiger partial charge is 0.343 e. The number of hydrazine groups is 1. The van der Waals surface area contributed by atoms with E-state index >= 15 is 0 Å². The number of esters is 1. The van der Waals surface area contributed by atoms with Gasteiger partial charge in [0.15, 0.2) is 11.5 Å². The van der Waals surface area contributed by atoms with Crippen molar-refractivity contribution in [3.63, 3.8) is 0 Å². The van der Waals surface area contributed by atoms with E-state index in [1.54, 1.807) is 30.3 Å². The monoisotopic (exact) mass is 508 g/mol. The maximum Gasteiger partial charge on any atom is 0.343 e. The quantitative estimate of drug-likeness (QED) is 0.222. The number of carbonyl (C=O) groups is 3. The first-order valence-electron chi connectivity index (χ1n) is 10.6. The highest BCUT2D eigenvalue weighted by atomic mass is 35.5. The second-order valence-electron chi connectivity index (χ2n) is 7.46. The molecule has 1 aliphatic rings. The van der Waals surface area contributed by atoms with Crippen LogP contribution in [0.5, 0.6) is 23.0 Å². The van der Waals surface area contributed by atoms with Crippen molar-refractivity contribution in [3.8, 4) is 23.0 Å². The minimum absolute atomic E-state index is 0.0874. The molecule has 1 aliphatic heterocycles. The van der Waals surface area contributed by atoms with Crippen LogP contribution in [0.25, 0.3) is 6.08 Å². The predicted octanol–water partition coefficient (Wildman–Crippen LogP) is 4.05. The van der Waals surface area contributed by atoms with E-state index in [9.17, 15) is 14.4 Å². The van der Waals surface area contributed by atoms with Gasteiger partial charge in [-0.1, -0.05) is 29.8 Å². The normalized spacial score (nSPS) is 14.0. The van der Waals surface area contributed by atoms with Crippen LogP contribution in [0.15, 0.2) is 66.2 Å². The summed E-state index contributed by atoms with van der Waals surface area (Å²) < 4.78 is 21.5. The van der Waals surface area contributed by atoms with Crippen LogP contribution in [0, 0.1) is 0 Å². The maximum atomic E-state index is 13.0. The second kappa shape index (κ2) is 10.4. The molecule has 36 heavy (non-hydrogen) atoms. The summed E-state index contributed by atoms with van der Waals surface area (Å²) in [4.78, 5) is 38.6. The Balaban J connectivity index is 1.67. The van der Waals surface area contributed by atoms with Gasteiger partial charge in [-0.15, -0.1) is 0 Å². The molecule has 0 aliphatic carbocycles. The van der Waals surface area contributed by atoms with E-state index in [1.807, 2.05) is 0 Å². The minimum atomic E-state index is -0.732. The molecule has 0 unspecified atom stereocenters. The topological polar surface area (TPSA) is 103 Å². The number of rotatable bonds is 7. The zero-order chi connectivity index (χ0) is 25.8. The van der Waals surface area contributed by atoms with Crippen LogP contribution in [0.1, 0.15) is 15.9 Å². The number of carbonyl (C=O) groups excluding carboxylic acids is 3. The number of nitrogens with one attached hydrogen (secondary N) is 1. The van der Waals surface area contributed by atoms with Gasteiger partial charge in [0.2, 0.25) is 5.75 Å². The number of halogens is 1. The third-order valence-electron chi connectivity index (χ3n) is 5.28. The molecule has 9 nitrogen and oxygen atoms in total. The average Bonchev–Trinajstić information content (AvgIpc) is 3.18. The van der Waals surface area contributed by atoms with Gasteiger partial charge in [-0.25, -0.2) is 9.80 Å². The third-order valence-corrected chi connectivity index (χ3v) is 5.52. The van der Waals surface area contributed by atoms with E-state index in [0.29, 0.717) is 16.5 Å². The van der Waals surface area contributed by atoms with Crippen molar-refractivity contribution in [2.45, 2.75) is 0 Å². The van der Waals surface area contributed by atoms with Gasteiger partial charge in [-0.3, -0.25) is 15.0 Å². The van der Waals surface area contributed by atoms with Gasteiger partial charge in [0.05, 0.1) is 32.6 Å². The Hall–Kier alpha value is -4.50. The van der Waals surface area contributed by atoms with Gasteiger partial charge >= 0.3 is 5.97 Å². The standard InChI is InChI=1S/C26H21ClN2O7/c1-33-21-13-16(14-22(34-2)23(21)35-3)26(32)36-20-10-9-17(27)11-15(20)12-19-24(30)28-29(25(19)31)18-7-5-4-6-8-18/h4-14H,1-3H3,(H,28,30)/b19-12-. The molecule has 3 aromatic carbocycles. The molecule has 1 saturated heterocycles. The zero-order valence-electron chi connectivity index (χ0n) is 19.5. The fourth-order valence-corrected chi connectivity index (χ4v) is 3.74. The second-order valence-corrected chi connectivity index (χ2v) is 7.90. The third kappa shape index (κ3) is 4.82. The van der Waals surface area contributed by atoms with Gasteiger partial charge in [-0.2, -0.15) is 0 Å². The Labute approximate surface area is 211 Å². The summed E-state index contributed by atoms with van der Waals surface area (Å²) in [5, 5.41) is 1.46. The van der Waals surface area contributed by atoms with Gasteiger partial charge in [0.1, 0.15) is 11.3 Å². The van der Waals surface area contributed by atoms with Crippen LogP contribution in [0.3, 0.4) is 0 Å². The van der Waals surface area contributed by atoms with Crippen molar-refractivity contribution in [3.05, 3.63) is 82.4 Å². The number of amides is 2. The van der Waals surface area contributed by atoms with E-state index in [1.165, 1.54) is 57.7 Å². The largest absolute Gasteiger partial charge is 0.493 e. The molecule has 2 amide bonds. The lowest BCUT2D eigenvalue weighted by molar-refractivity contribution is -0.117. The molecule has 184 valence electrons. The van der Waals surface area contributed by atoms with E-state index in [4.69, 9.17) is 30.5 Å². The molecule has 1 fully saturated rings. The van der Waals surface area contributed by atoms with E-state index in [-0.39, 0.29) is 33.9 Å². The number of ether oxygens (including phenoxy) is 4. The summed E-state index contributed by atoms with van der Waals surface area (Å²) in [6.45, 7) is 0. The Kier molecular flexibility index (Phi) is 7.12. The highest BCUT2D eigenvalue weighted by Gasteiger charge is 2.34. The van der Waals surface area contributed by atoms with Crippen molar-refractivity contribution in [1.82, 2.24) is 5.43 Å². The number of hydrogen-bond acceptors (Lipinski definition) is 7. The maximum absolute atomic E-state index is 13.0. The minimum Gasteiger partial charge on any atom is -0.493 e. The lowest BCUT2D eigenvalue weighted by Crippen LogP contribution is -2.35. The van der Waals surface area contributed by atoms with Crippen molar-refractivity contribution in [1.29, 1.82) is 0 Å². The highest BCUT2D eigenvalue weighted by Crippen LogP contribution is 2.38. The Morgan fingerprint density at radius 3 is 2.17 bits per heavy atom. The number of methoxy groups -OCH3 is 3. The van der Waals surface area contributed by atoms with E-state index in [2.05, 4.69) is 5.43 Å². The summed E-state index contributed by atoms with van der Waals surface area (Å²) in [6.07, 6.45) is 1.32. The van der Waals surface area contributed by atoms with Crippen LogP contribution in [-0.4, -0.2) is 39.1 Å². The van der Waals surface area contributed by atoms with Gasteiger partial charge in [0.25, 0.3) is 11.8 Å². The Morgan fingerprint density at radius 1 is 0.889 bits per heavy atom. The van der Waals surface area contributed by atoms with Crippen LogP contribution in [-0.2, 0) is 9.59 Å². The lowest BCUT2D eigenvalue weighted by Gasteiger charge is -2.14. The molecule has 10 heteroatoms. The van der Waals surface area contributed by atoms with Gasteiger partial charge < -0.3 is 18.9 Å². The molecule has 0 saturated carbocycles. The molecule has 0 bridgehead atoms. The molecular formula is C26H21ClN2O7. The van der Waals surface area contributed by atoms with Crippen molar-refractivity contribution in [2.75, 3.05) is 26.3 Å². The molecule has 0 radical (unpaired) electrons. The predicted molar refractivity (Wildman–Crippen MR) is 133 cm³/mol. The fraction of sp³-hybridized carbons (Fsp3) is 0.115. The lowest BCUT2D eigenvalue weighted by atomic mass is 10.1. The number of anilines is 1. The molecule has 0 aromatic heterocycles. The molecule has 0 atom stereocenters. The zero-order valence-corrected chi connectivity index (χ0v) is 20.3. The Morgan fingerprint density at radius 2 is 1.56 bits per heavy atom. The first-order valence-corrected chi connectivity index (χ1v) is 11.0. The average molecular weight is 509 g/mol. The van der Waals surface area contributed by atoms with Crippen LogP contribution in [0.4, 0.5) is 5.69 Å². The molecular weight excluding hydrogens is 488 g/mol. The summed E-state index contributed by atoms with van der Waals surface area (Å²) in [7, 11) is 4.31. The first-order chi connectivity index (χ1) is 17.4. The van der Waals surface area contributed by atoms with Crippen molar-refractivity contribution >= 4 is 41.1 Å². The molecule has 0 spiro atoms. The van der Waals surface area contributed by atoms with Gasteiger partial charge in [0, 0.05) is 10.6 Å². The molecule has 3 aromatic rings. The number of para-hydroxylation sites is 1. The van der Waals surface area contributed by atoms with Crippen molar-refractivity contribution in [2.24, 2.45) is 0 Å². The molecule has 1 heterocycles. The van der Waals surface area contributed by atoms with Gasteiger partial charge in [-0.05, 0) is 48.5 Å². The summed E-state index contributed by atoms with van der Waals surface area (Å²) in [5.41, 5.74) is 3.26. The summed E-state index contributed by atoms with van der Waals surface area (Å²) in [6, 6.07) is 16.0. The van der Waals surface area contributed by atoms with Crippen LogP contribution in [0.2, 0.25) is 5.02 Å². The first kappa shape index (κ1) is 24.6. The fourth-order valence-electron chi connectivity index (χ4n) is 3.55. The highest BCUT2D eigenvalue weighted by molar-refractivity contribution is 6.32. The van der Waals surface area contributed by atoms with E-state index < -0.39 is 17.8 Å². The van der Waals surface area contributed by atoms with Crippen LogP contribution >= 0.6 is 11.6 Å². The molecule has 4 rings (SSSR count).